The zero-order chi connectivity index (χ0) is 14.8. The van der Waals surface area contributed by atoms with E-state index in [2.05, 4.69) is 33.4 Å². The van der Waals surface area contributed by atoms with Gasteiger partial charge >= 0.3 is 0 Å². The van der Waals surface area contributed by atoms with Crippen LogP contribution >= 0.6 is 24.0 Å². The first-order valence-electron chi connectivity index (χ1n) is 8.18. The van der Waals surface area contributed by atoms with Gasteiger partial charge in [0.15, 0.2) is 5.96 Å². The van der Waals surface area contributed by atoms with E-state index >= 15 is 0 Å². The average Bonchev–Trinajstić information content (AvgIpc) is 2.90. The monoisotopic (exact) mass is 417 g/mol. The van der Waals surface area contributed by atoms with E-state index in [1.807, 2.05) is 25.0 Å². The van der Waals surface area contributed by atoms with Crippen molar-refractivity contribution in [2.75, 3.05) is 20.1 Å². The Morgan fingerprint density at radius 2 is 2.32 bits per heavy atom. The highest BCUT2D eigenvalue weighted by molar-refractivity contribution is 14.0. The van der Waals surface area contributed by atoms with E-state index in [0.29, 0.717) is 12.0 Å². The molecule has 3 unspecified atom stereocenters. The van der Waals surface area contributed by atoms with Gasteiger partial charge in [-0.05, 0) is 30.7 Å². The molecule has 5 nitrogen and oxygen atoms in total. The Morgan fingerprint density at radius 1 is 1.50 bits per heavy atom. The van der Waals surface area contributed by atoms with Crippen molar-refractivity contribution in [1.29, 1.82) is 0 Å². The van der Waals surface area contributed by atoms with Gasteiger partial charge in [0.1, 0.15) is 0 Å². The van der Waals surface area contributed by atoms with Gasteiger partial charge in [0, 0.05) is 45.3 Å². The summed E-state index contributed by atoms with van der Waals surface area (Å²) < 4.78 is 1.89. The van der Waals surface area contributed by atoms with Crippen molar-refractivity contribution >= 4 is 29.9 Å². The van der Waals surface area contributed by atoms with Crippen LogP contribution in [0.3, 0.4) is 0 Å². The fraction of sp³-hybridized carbons (Fsp3) is 0.750. The lowest BCUT2D eigenvalue weighted by Crippen LogP contribution is -2.41. The van der Waals surface area contributed by atoms with Gasteiger partial charge in [-0.15, -0.1) is 24.0 Å². The molecule has 0 spiro atoms. The Balaban J connectivity index is 0.00000176. The molecule has 1 saturated carbocycles. The zero-order valence-corrected chi connectivity index (χ0v) is 16.2. The van der Waals surface area contributed by atoms with E-state index in [0.717, 1.165) is 25.0 Å². The van der Waals surface area contributed by atoms with Crippen molar-refractivity contribution in [3.05, 3.63) is 18.0 Å². The zero-order valence-electron chi connectivity index (χ0n) is 13.8. The molecule has 0 amide bonds. The van der Waals surface area contributed by atoms with Gasteiger partial charge in [-0.2, -0.15) is 5.10 Å². The summed E-state index contributed by atoms with van der Waals surface area (Å²) in [4.78, 5) is 6.89. The highest BCUT2D eigenvalue weighted by Gasteiger charge is 2.38. The van der Waals surface area contributed by atoms with Crippen molar-refractivity contribution in [2.45, 2.75) is 44.6 Å². The molecule has 2 heterocycles. The van der Waals surface area contributed by atoms with E-state index in [1.165, 1.54) is 31.2 Å². The number of hydrogen-bond acceptors (Lipinski definition) is 2. The normalized spacial score (nSPS) is 27.7. The lowest BCUT2D eigenvalue weighted by atomic mass is 10.0. The number of aromatic nitrogens is 2. The lowest BCUT2D eigenvalue weighted by molar-refractivity contribution is 0.481. The Morgan fingerprint density at radius 3 is 2.95 bits per heavy atom. The first-order valence-corrected chi connectivity index (χ1v) is 8.18. The predicted molar refractivity (Wildman–Crippen MR) is 101 cm³/mol. The molecule has 2 fully saturated rings. The number of rotatable bonds is 4. The summed E-state index contributed by atoms with van der Waals surface area (Å²) in [5.41, 5.74) is 1.35. The van der Waals surface area contributed by atoms with E-state index in [9.17, 15) is 0 Å². The van der Waals surface area contributed by atoms with Crippen LogP contribution in [0.5, 0.6) is 0 Å². The molecule has 124 valence electrons. The number of aryl methyl sites for hydroxylation is 1. The van der Waals surface area contributed by atoms with Gasteiger partial charge in [0.05, 0.1) is 6.20 Å². The topological polar surface area (TPSA) is 45.5 Å². The van der Waals surface area contributed by atoms with E-state index < -0.39 is 0 Å². The maximum atomic E-state index is 4.49. The molecule has 22 heavy (non-hydrogen) atoms. The largest absolute Gasteiger partial charge is 0.353 e. The molecule has 6 heteroatoms. The fourth-order valence-electron chi connectivity index (χ4n) is 3.45. The van der Waals surface area contributed by atoms with Gasteiger partial charge in [-0.25, -0.2) is 0 Å². The molecule has 2 aliphatic rings. The van der Waals surface area contributed by atoms with Crippen LogP contribution in [0.2, 0.25) is 0 Å². The van der Waals surface area contributed by atoms with Crippen LogP contribution in [-0.2, 0) is 7.05 Å². The van der Waals surface area contributed by atoms with Crippen LogP contribution in [0.25, 0.3) is 0 Å². The minimum absolute atomic E-state index is 0. The maximum absolute atomic E-state index is 4.49. The quantitative estimate of drug-likeness (QED) is 0.466. The standard InChI is InChI=1S/C16H27N5.HI/c1-4-5-12-8-15(12)19-16(17-2)21-7-6-13(11-21)14-9-18-20(3)10-14;/h9-10,12-13,15H,4-8,11H2,1-3H3,(H,17,19);1H. The summed E-state index contributed by atoms with van der Waals surface area (Å²) >= 11 is 0. The van der Waals surface area contributed by atoms with Crippen LogP contribution in [-0.4, -0.2) is 46.8 Å². The third-order valence-corrected chi connectivity index (χ3v) is 4.79. The molecule has 1 aromatic heterocycles. The van der Waals surface area contributed by atoms with Crippen LogP contribution in [0.4, 0.5) is 0 Å². The molecule has 1 saturated heterocycles. The van der Waals surface area contributed by atoms with E-state index in [1.54, 1.807) is 0 Å². The first-order chi connectivity index (χ1) is 10.2. The van der Waals surface area contributed by atoms with Gasteiger partial charge < -0.3 is 10.2 Å². The minimum Gasteiger partial charge on any atom is -0.353 e. The SMILES string of the molecule is CCCC1CC1NC(=NC)N1CCC(c2cnn(C)c2)C1.I. The van der Waals surface area contributed by atoms with E-state index in [-0.39, 0.29) is 24.0 Å². The van der Waals surface area contributed by atoms with Crippen molar-refractivity contribution in [2.24, 2.45) is 18.0 Å². The molecule has 0 bridgehead atoms. The van der Waals surface area contributed by atoms with Gasteiger partial charge in [0.2, 0.25) is 0 Å². The summed E-state index contributed by atoms with van der Waals surface area (Å²) in [6.45, 7) is 4.41. The lowest BCUT2D eigenvalue weighted by Gasteiger charge is -2.21. The molecule has 1 N–H and O–H groups in total. The van der Waals surface area contributed by atoms with Crippen LogP contribution in [0, 0.1) is 5.92 Å². The maximum Gasteiger partial charge on any atom is 0.193 e. The number of likely N-dealkylation sites (tertiary alicyclic amines) is 1. The number of nitrogens with one attached hydrogen (secondary N) is 1. The Bertz CT molecular complexity index is 512. The molecule has 1 aromatic rings. The summed E-state index contributed by atoms with van der Waals surface area (Å²) in [5.74, 6) is 2.54. The number of hydrogen-bond donors (Lipinski definition) is 1. The summed E-state index contributed by atoms with van der Waals surface area (Å²) in [5, 5.41) is 7.94. The first kappa shape index (κ1) is 17.6. The van der Waals surface area contributed by atoms with Gasteiger partial charge in [0.25, 0.3) is 0 Å². The second kappa shape index (κ2) is 7.66. The number of nitrogens with zero attached hydrogens (tertiary/aromatic N) is 4. The minimum atomic E-state index is 0. The van der Waals surface area contributed by atoms with Crippen molar-refractivity contribution in [3.8, 4) is 0 Å². The molecule has 0 radical (unpaired) electrons. The number of halogens is 1. The summed E-state index contributed by atoms with van der Waals surface area (Å²) in [6, 6.07) is 0.654. The van der Waals surface area contributed by atoms with Crippen molar-refractivity contribution in [1.82, 2.24) is 20.0 Å². The van der Waals surface area contributed by atoms with Crippen LogP contribution in [0.1, 0.15) is 44.1 Å². The van der Waals surface area contributed by atoms with Gasteiger partial charge in [-0.3, -0.25) is 9.67 Å². The highest BCUT2D eigenvalue weighted by atomic mass is 127. The highest BCUT2D eigenvalue weighted by Crippen LogP contribution is 2.35. The predicted octanol–water partition coefficient (Wildman–Crippen LogP) is 2.59. The van der Waals surface area contributed by atoms with Crippen molar-refractivity contribution in [3.63, 3.8) is 0 Å². The Labute approximate surface area is 150 Å². The molecule has 1 aliphatic carbocycles. The summed E-state index contributed by atoms with van der Waals surface area (Å²) in [6.07, 6.45) is 9.27. The number of aliphatic imine (C=N–C) groups is 1. The second-order valence-corrected chi connectivity index (χ2v) is 6.46. The Kier molecular flexibility index (Phi) is 6.11. The summed E-state index contributed by atoms with van der Waals surface area (Å²) in [7, 11) is 3.88. The fourth-order valence-corrected chi connectivity index (χ4v) is 3.45. The number of guanidine groups is 1. The second-order valence-electron chi connectivity index (χ2n) is 6.46. The Hall–Kier alpha value is -0.790. The average molecular weight is 417 g/mol. The van der Waals surface area contributed by atoms with E-state index in [4.69, 9.17) is 0 Å². The third kappa shape index (κ3) is 3.94. The molecular formula is C16H28IN5. The van der Waals surface area contributed by atoms with Crippen LogP contribution in [0.15, 0.2) is 17.4 Å². The molecule has 3 rings (SSSR count). The molecule has 0 aromatic carbocycles. The molecule has 3 atom stereocenters. The van der Waals surface area contributed by atoms with Gasteiger partial charge in [-0.1, -0.05) is 13.3 Å². The van der Waals surface area contributed by atoms with Crippen molar-refractivity contribution < 1.29 is 0 Å². The third-order valence-electron chi connectivity index (χ3n) is 4.79. The molecular weight excluding hydrogens is 389 g/mol. The molecule has 1 aliphatic heterocycles. The smallest absolute Gasteiger partial charge is 0.193 e. The van der Waals surface area contributed by atoms with Crippen LogP contribution < -0.4 is 5.32 Å².